The van der Waals surface area contributed by atoms with Crippen LogP contribution < -0.4 is 5.32 Å². The molecule has 14 nitrogen and oxygen atoms in total. The van der Waals surface area contributed by atoms with Gasteiger partial charge in [0.2, 0.25) is 17.7 Å². The third-order valence-electron chi connectivity index (χ3n) is 13.9. The van der Waals surface area contributed by atoms with Crippen LogP contribution in [0, 0.1) is 29.1 Å². The number of ketones is 1. The summed E-state index contributed by atoms with van der Waals surface area (Å²) < 4.78 is 17.6. The van der Waals surface area contributed by atoms with Crippen LogP contribution in [0.1, 0.15) is 131 Å². The zero-order chi connectivity index (χ0) is 47.2. The largest absolute Gasteiger partial charge is 0.481 e. The number of carboxylic acids is 1. The van der Waals surface area contributed by atoms with E-state index in [0.29, 0.717) is 58.2 Å². The van der Waals surface area contributed by atoms with E-state index in [-0.39, 0.29) is 78.5 Å². The standard InChI is InChI=1S/C49H80N4O10/c1-13-33(7)44(52(10)47(59)42(31(3)4)50-46(58)43(32(5)6)51(9)27-20-25-41(56)57)39(61-11)29-40(55)53-28-19-23-37(53)45(62-12)34(8)38(54)24-18-26-49(48(60)63-14-2)30-36(49)35-21-16-15-17-22-35/h15-17,21-22,31-34,36-37,39,42-45H,13-14,18-20,23-30H2,1-12H3,(H,50,58)(H,56,57)/t33-,34-,36+,37-,39+,42-,43-,44?,45+,49+/m0/s1. The van der Waals surface area contributed by atoms with Crippen molar-refractivity contribution in [3.8, 4) is 0 Å². The Kier molecular flexibility index (Phi) is 21.2. The molecule has 0 aromatic heterocycles. The Morgan fingerprint density at radius 1 is 0.921 bits per heavy atom. The lowest BCUT2D eigenvalue weighted by molar-refractivity contribution is -0.150. The molecule has 63 heavy (non-hydrogen) atoms. The highest BCUT2D eigenvalue weighted by Crippen LogP contribution is 2.63. The summed E-state index contributed by atoms with van der Waals surface area (Å²) in [7, 11) is 6.64. The number of amides is 3. The monoisotopic (exact) mass is 885 g/mol. The minimum atomic E-state index is -0.893. The number of carboxylic acid groups (broad SMARTS) is 1. The fourth-order valence-electron chi connectivity index (χ4n) is 10.1. The molecule has 1 aliphatic carbocycles. The Hall–Kier alpha value is -3.88. The van der Waals surface area contributed by atoms with Gasteiger partial charge in [-0.25, -0.2) is 0 Å². The predicted octanol–water partition coefficient (Wildman–Crippen LogP) is 6.35. The number of likely N-dealkylation sites (tertiary alicyclic amines) is 1. The van der Waals surface area contributed by atoms with Crippen molar-refractivity contribution in [3.63, 3.8) is 0 Å². The molecule has 0 spiro atoms. The lowest BCUT2D eigenvalue weighted by Gasteiger charge is -2.41. The molecular weight excluding hydrogens is 805 g/mol. The molecular formula is C49H80N4O10. The van der Waals surface area contributed by atoms with Crippen molar-refractivity contribution in [1.29, 1.82) is 0 Å². The molecule has 1 saturated heterocycles. The molecule has 1 aromatic carbocycles. The Morgan fingerprint density at radius 3 is 2.14 bits per heavy atom. The molecule has 1 unspecified atom stereocenters. The molecule has 0 radical (unpaired) electrons. The molecule has 2 aliphatic rings. The second-order valence-electron chi connectivity index (χ2n) is 18.9. The van der Waals surface area contributed by atoms with Crippen LogP contribution in [0.15, 0.2) is 30.3 Å². The van der Waals surface area contributed by atoms with Crippen LogP contribution in [0.2, 0.25) is 0 Å². The maximum atomic E-state index is 14.5. The van der Waals surface area contributed by atoms with E-state index in [2.05, 4.69) is 5.32 Å². The third-order valence-corrected chi connectivity index (χ3v) is 13.9. The van der Waals surface area contributed by atoms with Gasteiger partial charge in [0.15, 0.2) is 0 Å². The summed E-state index contributed by atoms with van der Waals surface area (Å²) in [6.45, 7) is 16.6. The van der Waals surface area contributed by atoms with Gasteiger partial charge in [0.05, 0.1) is 48.8 Å². The van der Waals surface area contributed by atoms with Crippen LogP contribution in [-0.4, -0.2) is 140 Å². The number of nitrogens with zero attached hydrogens (tertiary/aromatic N) is 3. The van der Waals surface area contributed by atoms with Crippen LogP contribution in [0.3, 0.4) is 0 Å². The smallest absolute Gasteiger partial charge is 0.312 e. The molecule has 1 aliphatic heterocycles. The number of methoxy groups -OCH3 is 2. The average molecular weight is 885 g/mol. The van der Waals surface area contributed by atoms with Gasteiger partial charge in [-0.2, -0.15) is 0 Å². The Morgan fingerprint density at radius 2 is 1.59 bits per heavy atom. The number of aliphatic carboxylic acids is 1. The van der Waals surface area contributed by atoms with E-state index >= 15 is 0 Å². The second-order valence-corrected chi connectivity index (χ2v) is 18.9. The van der Waals surface area contributed by atoms with Gasteiger partial charge in [0, 0.05) is 52.5 Å². The zero-order valence-electron chi connectivity index (χ0n) is 40.4. The van der Waals surface area contributed by atoms with E-state index in [1.54, 1.807) is 33.2 Å². The second kappa shape index (κ2) is 25.0. The summed E-state index contributed by atoms with van der Waals surface area (Å²) in [5.74, 6) is -2.64. The highest BCUT2D eigenvalue weighted by atomic mass is 16.5. The van der Waals surface area contributed by atoms with Crippen LogP contribution in [-0.2, 0) is 43.0 Å². The summed E-state index contributed by atoms with van der Waals surface area (Å²) >= 11 is 0. The number of ether oxygens (including phenoxy) is 3. The molecule has 2 N–H and O–H groups in total. The number of likely N-dealkylation sites (N-methyl/N-ethyl adjacent to an activating group) is 2. The number of rotatable bonds is 28. The lowest BCUT2D eigenvalue weighted by atomic mass is 9.87. The number of carbonyl (C=O) groups is 6. The van der Waals surface area contributed by atoms with E-state index in [1.807, 2.05) is 95.5 Å². The van der Waals surface area contributed by atoms with Crippen molar-refractivity contribution in [2.24, 2.45) is 29.1 Å². The summed E-state index contributed by atoms with van der Waals surface area (Å²) in [5.41, 5.74) is 0.485. The fraction of sp³-hybridized carbons (Fsp3) is 0.755. The first-order valence-electron chi connectivity index (χ1n) is 23.4. The number of esters is 1. The number of Topliss-reactive ketones (excluding diaryl/α,β-unsaturated/α-hetero) is 1. The van der Waals surface area contributed by atoms with Gasteiger partial charge in [-0.1, -0.05) is 85.2 Å². The zero-order valence-corrected chi connectivity index (χ0v) is 40.4. The van der Waals surface area contributed by atoms with E-state index in [4.69, 9.17) is 19.3 Å². The number of nitrogens with one attached hydrogen (secondary N) is 1. The first-order valence-corrected chi connectivity index (χ1v) is 23.4. The van der Waals surface area contributed by atoms with Crippen LogP contribution in [0.25, 0.3) is 0 Å². The third kappa shape index (κ3) is 13.8. The maximum Gasteiger partial charge on any atom is 0.312 e. The predicted molar refractivity (Wildman–Crippen MR) is 243 cm³/mol. The minimum Gasteiger partial charge on any atom is -0.481 e. The summed E-state index contributed by atoms with van der Waals surface area (Å²) in [6.07, 6.45) is 3.43. The number of benzene rings is 1. The van der Waals surface area contributed by atoms with Crippen LogP contribution >= 0.6 is 0 Å². The van der Waals surface area contributed by atoms with Gasteiger partial charge < -0.3 is 34.4 Å². The van der Waals surface area contributed by atoms with Crippen molar-refractivity contribution in [2.45, 2.75) is 162 Å². The van der Waals surface area contributed by atoms with Gasteiger partial charge >= 0.3 is 11.9 Å². The topological polar surface area (TPSA) is 172 Å². The first kappa shape index (κ1) is 53.5. The van der Waals surface area contributed by atoms with Crippen LogP contribution in [0.5, 0.6) is 0 Å². The molecule has 3 rings (SSSR count). The fourth-order valence-corrected chi connectivity index (χ4v) is 10.1. The van der Waals surface area contributed by atoms with Gasteiger partial charge in [0.25, 0.3) is 0 Å². The molecule has 14 heteroatoms. The quantitative estimate of drug-likeness (QED) is 0.0900. The van der Waals surface area contributed by atoms with E-state index in [1.165, 1.54) is 0 Å². The van der Waals surface area contributed by atoms with Gasteiger partial charge in [0.1, 0.15) is 11.8 Å². The SMILES string of the molecule is CCOC(=O)[C@]1(CCCC(=O)[C@H](C)[C@@H](OC)[C@@H]2CCCN2C(=O)C[C@@H](OC)C([C@@H](C)CC)N(C)C(=O)[C@@H](NC(=O)[C@H](C(C)C)N(C)CCCC(=O)O)C(C)C)C[C@@H]1c1ccccc1. The molecule has 2 fully saturated rings. The summed E-state index contributed by atoms with van der Waals surface area (Å²) in [4.78, 5) is 86.1. The van der Waals surface area contributed by atoms with Crippen LogP contribution in [0.4, 0.5) is 0 Å². The Balaban J connectivity index is 1.72. The number of hydrogen-bond donors (Lipinski definition) is 2. The van der Waals surface area contributed by atoms with E-state index < -0.39 is 47.6 Å². The van der Waals surface area contributed by atoms with E-state index in [9.17, 15) is 28.8 Å². The highest BCUT2D eigenvalue weighted by Gasteiger charge is 2.61. The maximum absolute atomic E-state index is 14.5. The molecule has 1 saturated carbocycles. The number of carbonyl (C=O) groups excluding carboxylic acids is 5. The summed E-state index contributed by atoms with van der Waals surface area (Å²) in [5, 5.41) is 12.2. The molecule has 1 aromatic rings. The van der Waals surface area contributed by atoms with Gasteiger partial charge in [-0.15, -0.1) is 0 Å². The number of hydrogen-bond acceptors (Lipinski definition) is 10. The highest BCUT2D eigenvalue weighted by molar-refractivity contribution is 5.90. The van der Waals surface area contributed by atoms with Gasteiger partial charge in [-0.3, -0.25) is 33.7 Å². The van der Waals surface area contributed by atoms with Crippen molar-refractivity contribution >= 4 is 35.4 Å². The molecule has 3 amide bonds. The lowest BCUT2D eigenvalue weighted by Crippen LogP contribution is -2.60. The van der Waals surface area contributed by atoms with Crippen molar-refractivity contribution in [3.05, 3.63) is 35.9 Å². The van der Waals surface area contributed by atoms with Crippen molar-refractivity contribution in [1.82, 2.24) is 20.0 Å². The van der Waals surface area contributed by atoms with E-state index in [0.717, 1.165) is 12.0 Å². The van der Waals surface area contributed by atoms with Gasteiger partial charge in [-0.05, 0) is 82.4 Å². The Bertz CT molecular complexity index is 1660. The molecule has 10 atom stereocenters. The first-order chi connectivity index (χ1) is 29.8. The molecule has 356 valence electrons. The van der Waals surface area contributed by atoms with Crippen molar-refractivity contribution < 1.29 is 48.1 Å². The average Bonchev–Trinajstić information content (AvgIpc) is 3.79. The Labute approximate surface area is 377 Å². The minimum absolute atomic E-state index is 0.00305. The van der Waals surface area contributed by atoms with Crippen molar-refractivity contribution in [2.75, 3.05) is 48.0 Å². The summed E-state index contributed by atoms with van der Waals surface area (Å²) in [6, 6.07) is 7.73. The molecule has 1 heterocycles. The normalized spacial score (nSPS) is 21.9. The molecule has 0 bridgehead atoms.